The number of nitrogens with one attached hydrogen (secondary N) is 1. The Hall–Kier alpha value is -2.43. The zero-order valence-electron chi connectivity index (χ0n) is 13.0. The van der Waals surface area contributed by atoms with Gasteiger partial charge in [-0.25, -0.2) is 4.98 Å². The van der Waals surface area contributed by atoms with Crippen LogP contribution in [0.15, 0.2) is 60.7 Å². The smallest absolute Gasteiger partial charge is 0.250 e. The van der Waals surface area contributed by atoms with Crippen LogP contribution in [-0.2, 0) is 4.79 Å². The SMILES string of the molecule is Cc1sc(NC(=O)C=Cc2ccccc2)nc1-c1cccc(Cl)c1. The van der Waals surface area contributed by atoms with Crippen molar-refractivity contribution in [3.8, 4) is 11.3 Å². The molecule has 1 heterocycles. The lowest BCUT2D eigenvalue weighted by molar-refractivity contribution is -0.111. The van der Waals surface area contributed by atoms with Gasteiger partial charge in [0.2, 0.25) is 5.91 Å². The maximum atomic E-state index is 12.0. The number of nitrogens with zero attached hydrogens (tertiary/aromatic N) is 1. The van der Waals surface area contributed by atoms with Gasteiger partial charge in [0.05, 0.1) is 5.69 Å². The molecule has 2 aromatic carbocycles. The van der Waals surface area contributed by atoms with Gasteiger partial charge < -0.3 is 0 Å². The van der Waals surface area contributed by atoms with E-state index in [4.69, 9.17) is 11.6 Å². The molecule has 0 saturated carbocycles. The summed E-state index contributed by atoms with van der Waals surface area (Å²) in [5, 5.41) is 4.04. The molecule has 1 aromatic heterocycles. The number of amides is 1. The molecule has 5 heteroatoms. The van der Waals surface area contributed by atoms with Gasteiger partial charge in [0.25, 0.3) is 0 Å². The van der Waals surface area contributed by atoms with Crippen LogP contribution in [0.1, 0.15) is 10.4 Å². The van der Waals surface area contributed by atoms with Gasteiger partial charge in [0.15, 0.2) is 5.13 Å². The Morgan fingerprint density at radius 2 is 1.96 bits per heavy atom. The molecule has 1 N–H and O–H groups in total. The quantitative estimate of drug-likeness (QED) is 0.635. The Morgan fingerprint density at radius 1 is 1.17 bits per heavy atom. The van der Waals surface area contributed by atoms with Crippen LogP contribution in [0.2, 0.25) is 5.02 Å². The second-order valence-corrected chi connectivity index (χ2v) is 6.81. The standard InChI is InChI=1S/C19H15ClN2OS/c1-13-18(15-8-5-9-16(20)12-15)22-19(24-13)21-17(23)11-10-14-6-3-2-4-7-14/h2-12H,1H3,(H,21,22,23). The van der Waals surface area contributed by atoms with Crippen LogP contribution in [0, 0.1) is 6.92 Å². The van der Waals surface area contributed by atoms with Gasteiger partial charge in [-0.3, -0.25) is 10.1 Å². The van der Waals surface area contributed by atoms with E-state index in [1.54, 1.807) is 6.08 Å². The molecule has 120 valence electrons. The van der Waals surface area contributed by atoms with Crippen LogP contribution in [-0.4, -0.2) is 10.9 Å². The molecule has 0 aliphatic carbocycles. The molecule has 3 nitrogen and oxygen atoms in total. The van der Waals surface area contributed by atoms with Gasteiger partial charge in [-0.15, -0.1) is 11.3 Å². The number of carbonyl (C=O) groups excluding carboxylic acids is 1. The monoisotopic (exact) mass is 354 g/mol. The maximum Gasteiger partial charge on any atom is 0.250 e. The third-order valence-electron chi connectivity index (χ3n) is 3.35. The maximum absolute atomic E-state index is 12.0. The van der Waals surface area contributed by atoms with Crippen LogP contribution >= 0.6 is 22.9 Å². The fourth-order valence-electron chi connectivity index (χ4n) is 2.24. The van der Waals surface area contributed by atoms with Crippen LogP contribution in [0.3, 0.4) is 0 Å². The summed E-state index contributed by atoms with van der Waals surface area (Å²) in [4.78, 5) is 17.6. The summed E-state index contributed by atoms with van der Waals surface area (Å²) >= 11 is 7.48. The van der Waals surface area contributed by atoms with Gasteiger partial charge in [-0.2, -0.15) is 0 Å². The second kappa shape index (κ2) is 7.43. The number of benzene rings is 2. The third kappa shape index (κ3) is 4.10. The zero-order valence-corrected chi connectivity index (χ0v) is 14.6. The first-order valence-electron chi connectivity index (χ1n) is 7.39. The number of hydrogen-bond acceptors (Lipinski definition) is 3. The van der Waals surface area contributed by atoms with Crippen LogP contribution < -0.4 is 5.32 Å². The van der Waals surface area contributed by atoms with Gasteiger partial charge in [-0.1, -0.05) is 54.1 Å². The lowest BCUT2D eigenvalue weighted by Crippen LogP contribution is -2.07. The van der Waals surface area contributed by atoms with Gasteiger partial charge in [0.1, 0.15) is 0 Å². The minimum Gasteiger partial charge on any atom is -0.298 e. The normalized spacial score (nSPS) is 10.9. The molecule has 0 aliphatic heterocycles. The number of hydrogen-bond donors (Lipinski definition) is 1. The van der Waals surface area contributed by atoms with E-state index in [0.29, 0.717) is 10.2 Å². The lowest BCUT2D eigenvalue weighted by atomic mass is 10.1. The van der Waals surface area contributed by atoms with Gasteiger partial charge >= 0.3 is 0 Å². The fourth-order valence-corrected chi connectivity index (χ4v) is 3.27. The summed E-state index contributed by atoms with van der Waals surface area (Å²) in [6.07, 6.45) is 3.28. The molecule has 3 aromatic rings. The highest BCUT2D eigenvalue weighted by Crippen LogP contribution is 2.31. The van der Waals surface area contributed by atoms with Crippen molar-refractivity contribution in [3.05, 3.63) is 76.1 Å². The van der Waals surface area contributed by atoms with Crippen molar-refractivity contribution in [2.75, 3.05) is 5.32 Å². The van der Waals surface area contributed by atoms with E-state index in [2.05, 4.69) is 10.3 Å². The van der Waals surface area contributed by atoms with E-state index in [-0.39, 0.29) is 5.91 Å². The number of aryl methyl sites for hydroxylation is 1. The average Bonchev–Trinajstić information content (AvgIpc) is 2.94. The first-order chi connectivity index (χ1) is 11.6. The first kappa shape index (κ1) is 16.4. The highest BCUT2D eigenvalue weighted by atomic mass is 35.5. The number of rotatable bonds is 4. The van der Waals surface area contributed by atoms with Crippen molar-refractivity contribution in [1.29, 1.82) is 0 Å². The number of carbonyl (C=O) groups is 1. The highest BCUT2D eigenvalue weighted by molar-refractivity contribution is 7.16. The van der Waals surface area contributed by atoms with Crippen LogP contribution in [0.5, 0.6) is 0 Å². The molecule has 0 spiro atoms. The van der Waals surface area contributed by atoms with E-state index in [9.17, 15) is 4.79 Å². The van der Waals surface area contributed by atoms with Crippen molar-refractivity contribution in [2.45, 2.75) is 6.92 Å². The molecular formula is C19H15ClN2OS. The molecule has 0 unspecified atom stereocenters. The Kier molecular flexibility index (Phi) is 5.08. The Bertz CT molecular complexity index is 887. The predicted octanol–water partition coefficient (Wildman–Crippen LogP) is 5.42. The molecule has 1 amide bonds. The van der Waals surface area contributed by atoms with E-state index < -0.39 is 0 Å². The molecule has 0 bridgehead atoms. The summed E-state index contributed by atoms with van der Waals surface area (Å²) in [6, 6.07) is 17.2. The average molecular weight is 355 g/mol. The van der Waals surface area contributed by atoms with Gasteiger partial charge in [0, 0.05) is 21.5 Å². The van der Waals surface area contributed by atoms with Crippen LogP contribution in [0.4, 0.5) is 5.13 Å². The first-order valence-corrected chi connectivity index (χ1v) is 8.59. The number of halogens is 1. The summed E-state index contributed by atoms with van der Waals surface area (Å²) in [5.74, 6) is -0.203. The van der Waals surface area contributed by atoms with Gasteiger partial charge in [-0.05, 0) is 30.7 Å². The predicted molar refractivity (Wildman–Crippen MR) is 101 cm³/mol. The fraction of sp³-hybridized carbons (Fsp3) is 0.0526. The lowest BCUT2D eigenvalue weighted by Gasteiger charge is -1.99. The molecule has 0 fully saturated rings. The summed E-state index contributed by atoms with van der Waals surface area (Å²) in [7, 11) is 0. The minimum atomic E-state index is -0.203. The van der Waals surface area contributed by atoms with E-state index in [1.165, 1.54) is 17.4 Å². The van der Waals surface area contributed by atoms with Crippen molar-refractivity contribution in [1.82, 2.24) is 4.98 Å². The third-order valence-corrected chi connectivity index (χ3v) is 4.47. The number of thiazole rings is 1. The molecule has 0 radical (unpaired) electrons. The Morgan fingerprint density at radius 3 is 2.71 bits per heavy atom. The second-order valence-electron chi connectivity index (χ2n) is 5.17. The molecule has 0 atom stereocenters. The van der Waals surface area contributed by atoms with Crippen molar-refractivity contribution in [3.63, 3.8) is 0 Å². The number of anilines is 1. The summed E-state index contributed by atoms with van der Waals surface area (Å²) < 4.78 is 0. The van der Waals surface area contributed by atoms with Crippen molar-refractivity contribution in [2.24, 2.45) is 0 Å². The molecule has 0 aliphatic rings. The van der Waals surface area contributed by atoms with E-state index >= 15 is 0 Å². The molecule has 3 rings (SSSR count). The largest absolute Gasteiger partial charge is 0.298 e. The molecule has 0 saturated heterocycles. The topological polar surface area (TPSA) is 42.0 Å². The van der Waals surface area contributed by atoms with Crippen molar-refractivity contribution < 1.29 is 4.79 Å². The highest BCUT2D eigenvalue weighted by Gasteiger charge is 2.11. The minimum absolute atomic E-state index is 0.203. The van der Waals surface area contributed by atoms with Crippen molar-refractivity contribution >= 4 is 40.1 Å². The van der Waals surface area contributed by atoms with E-state index in [1.807, 2.05) is 61.5 Å². The Labute approximate surface area is 149 Å². The molecular weight excluding hydrogens is 340 g/mol. The van der Waals surface area contributed by atoms with E-state index in [0.717, 1.165) is 21.7 Å². The zero-order chi connectivity index (χ0) is 16.9. The number of aromatic nitrogens is 1. The summed E-state index contributed by atoms with van der Waals surface area (Å²) in [6.45, 7) is 1.98. The summed E-state index contributed by atoms with van der Waals surface area (Å²) in [5.41, 5.74) is 2.75. The molecule has 24 heavy (non-hydrogen) atoms. The Balaban J connectivity index is 1.73. The van der Waals surface area contributed by atoms with Crippen LogP contribution in [0.25, 0.3) is 17.3 Å².